The van der Waals surface area contributed by atoms with Gasteiger partial charge in [-0.1, -0.05) is 71.1 Å². The van der Waals surface area contributed by atoms with Crippen LogP contribution in [0.2, 0.25) is 0 Å². The topological polar surface area (TPSA) is 308 Å². The lowest BCUT2D eigenvalue weighted by atomic mass is 9.78. The number of ether oxygens (including phenoxy) is 6. The van der Waals surface area contributed by atoms with Gasteiger partial charge < -0.3 is 63.5 Å². The van der Waals surface area contributed by atoms with Gasteiger partial charge >= 0.3 is 19.7 Å². The first-order chi connectivity index (χ1) is 36.5. The smallest absolute Gasteiger partial charge is 0.407 e. The Hall–Kier alpha value is -3.72. The average molecular weight is 1140 g/mol. The summed E-state index contributed by atoms with van der Waals surface area (Å²) in [5.74, 6) is -10.2. The van der Waals surface area contributed by atoms with E-state index in [9.17, 15) is 53.0 Å². The molecule has 2 bridgehead atoms. The van der Waals surface area contributed by atoms with Crippen molar-refractivity contribution in [2.45, 2.75) is 180 Å². The summed E-state index contributed by atoms with van der Waals surface area (Å²) in [6, 6.07) is -1.24. The third-order valence-electron chi connectivity index (χ3n) is 15.8. The standard InChI is InChI=1S/C55H88N2O19P2/c1-33-16-12-11-13-17-34(2)45(71-8)30-41-21-19-39(7)55(65,76-41)51(61)52(62)57-24-15-14-18-42(57)53(63)74-46(31-43(58)35(3)27-38(6)49(60)50(73-10)48(59)37(5)26-33)36(4)28-40-20-22-44(47(29-40)72-9)75-54(64)56-23-25-77(66,67)32-78(68,69)70/h11-13,16-17,27,33,35-37,39-42,44-47,49-50,60,65H,14-15,18-26,28-32H2,1-10H3,(H,56,64)(H,66,67)(H2,68,69,70)/b13-11+,16-12-,34-17+,38-27+/t33-,35-,36-,37-,39-,40-,41+,42+,44-,45+,46+,47-,49-,50+,55-/m1/s1. The van der Waals surface area contributed by atoms with Crippen LogP contribution < -0.4 is 5.32 Å². The molecule has 3 aliphatic heterocycles. The maximum Gasteiger partial charge on any atom is 0.407 e. The minimum Gasteiger partial charge on any atom is -0.460 e. The number of amides is 2. The Morgan fingerprint density at radius 3 is 2.23 bits per heavy atom. The van der Waals surface area contributed by atoms with Gasteiger partial charge in [-0.3, -0.25) is 28.3 Å². The number of cyclic esters (lactones) is 1. The van der Waals surface area contributed by atoms with E-state index in [-0.39, 0.29) is 55.8 Å². The summed E-state index contributed by atoms with van der Waals surface area (Å²) in [5.41, 5.74) is 1.17. The number of rotatable bonds is 12. The highest BCUT2D eigenvalue weighted by molar-refractivity contribution is 7.72. The van der Waals surface area contributed by atoms with E-state index in [0.29, 0.717) is 63.4 Å². The van der Waals surface area contributed by atoms with Gasteiger partial charge in [-0.05, 0) is 107 Å². The summed E-state index contributed by atoms with van der Waals surface area (Å²) in [6.07, 6.45) is 7.37. The molecule has 2 amide bonds. The van der Waals surface area contributed by atoms with Crippen LogP contribution in [-0.2, 0) is 61.5 Å². The van der Waals surface area contributed by atoms with Crippen molar-refractivity contribution in [1.29, 1.82) is 0 Å². The summed E-state index contributed by atoms with van der Waals surface area (Å²) in [7, 11) is -4.67. The quantitative estimate of drug-likeness (QED) is 0.0539. The zero-order chi connectivity index (χ0) is 58.3. The number of esters is 1. The molecule has 3 fully saturated rings. The first-order valence-corrected chi connectivity index (χ1v) is 31.2. The summed E-state index contributed by atoms with van der Waals surface area (Å²) in [5, 5.41) is 25.9. The molecule has 0 aromatic rings. The van der Waals surface area contributed by atoms with Crippen LogP contribution in [0.5, 0.6) is 0 Å². The predicted molar refractivity (Wildman–Crippen MR) is 289 cm³/mol. The van der Waals surface area contributed by atoms with E-state index < -0.39 is 129 Å². The fraction of sp³-hybridized carbons (Fsp3) is 0.745. The number of hydrogen-bond donors (Lipinski definition) is 6. The molecule has 4 aliphatic rings. The number of Topliss-reactive ketones (excluding diaryl/α,β-unsaturated/α-hetero) is 3. The molecule has 1 unspecified atom stereocenters. The van der Waals surface area contributed by atoms with E-state index >= 15 is 0 Å². The van der Waals surface area contributed by atoms with Crippen LogP contribution in [0.1, 0.15) is 126 Å². The van der Waals surface area contributed by atoms with Gasteiger partial charge in [0.1, 0.15) is 42.1 Å². The zero-order valence-corrected chi connectivity index (χ0v) is 48.9. The number of nitrogens with zero attached hydrogens (tertiary/aromatic N) is 1. The maximum absolute atomic E-state index is 14.6. The molecule has 16 atom stereocenters. The molecule has 442 valence electrons. The highest BCUT2D eigenvalue weighted by atomic mass is 31.2. The van der Waals surface area contributed by atoms with Crippen molar-refractivity contribution in [1.82, 2.24) is 10.2 Å². The van der Waals surface area contributed by atoms with E-state index in [4.69, 9.17) is 38.2 Å². The number of carbonyl (C=O) groups is 6. The Kier molecular flexibility index (Phi) is 26.0. The Balaban J connectivity index is 1.64. The Labute approximate surface area is 459 Å². The lowest BCUT2D eigenvalue weighted by molar-refractivity contribution is -0.265. The number of carbonyl (C=O) groups excluding carboxylic acids is 6. The fourth-order valence-electron chi connectivity index (χ4n) is 11.1. The molecular weight excluding hydrogens is 1050 g/mol. The van der Waals surface area contributed by atoms with E-state index in [1.807, 2.05) is 51.2 Å². The van der Waals surface area contributed by atoms with Gasteiger partial charge in [0.15, 0.2) is 5.78 Å². The van der Waals surface area contributed by atoms with E-state index in [1.165, 1.54) is 14.2 Å². The van der Waals surface area contributed by atoms with Crippen molar-refractivity contribution in [3.05, 3.63) is 47.6 Å². The monoisotopic (exact) mass is 1140 g/mol. The number of aliphatic hydroxyl groups is 2. The number of ketones is 3. The van der Waals surface area contributed by atoms with E-state index in [0.717, 1.165) is 10.5 Å². The molecule has 0 radical (unpaired) electrons. The third-order valence-corrected chi connectivity index (χ3v) is 20.0. The number of alkyl carbamates (subject to hydrolysis) is 1. The number of methoxy groups -OCH3 is 3. The van der Waals surface area contributed by atoms with Crippen LogP contribution >= 0.6 is 15.0 Å². The Morgan fingerprint density at radius 1 is 0.872 bits per heavy atom. The van der Waals surface area contributed by atoms with Gasteiger partial charge in [-0.25, -0.2) is 9.59 Å². The summed E-state index contributed by atoms with van der Waals surface area (Å²) in [6.45, 7) is 12.0. The second-order valence-electron chi connectivity index (χ2n) is 22.3. The predicted octanol–water partition coefficient (Wildman–Crippen LogP) is 6.32. The summed E-state index contributed by atoms with van der Waals surface area (Å²) in [4.78, 5) is 113. The largest absolute Gasteiger partial charge is 0.460 e. The number of piperidine rings is 1. The third kappa shape index (κ3) is 19.5. The second-order valence-corrected chi connectivity index (χ2v) is 26.9. The van der Waals surface area contributed by atoms with Gasteiger partial charge in [0.05, 0.1) is 18.3 Å². The zero-order valence-electron chi connectivity index (χ0n) is 47.2. The van der Waals surface area contributed by atoms with Crippen LogP contribution in [0.4, 0.5) is 4.79 Å². The number of allylic oxidation sites excluding steroid dienone is 6. The molecule has 0 spiro atoms. The molecule has 2 saturated heterocycles. The van der Waals surface area contributed by atoms with Gasteiger partial charge in [0.25, 0.3) is 11.7 Å². The van der Waals surface area contributed by atoms with Crippen molar-refractivity contribution in [3.63, 3.8) is 0 Å². The molecule has 4 rings (SSSR count). The van der Waals surface area contributed by atoms with Crippen LogP contribution in [0, 0.1) is 35.5 Å². The Morgan fingerprint density at radius 2 is 1.58 bits per heavy atom. The fourth-order valence-corrected chi connectivity index (χ4v) is 14.4. The number of fused-ring (bicyclic) bond motifs is 3. The lowest BCUT2D eigenvalue weighted by Crippen LogP contribution is -2.61. The Bertz CT molecular complexity index is 2300. The minimum absolute atomic E-state index is 0.0164. The molecule has 3 heterocycles. The van der Waals surface area contributed by atoms with Crippen molar-refractivity contribution in [3.8, 4) is 0 Å². The first kappa shape index (κ1) is 66.8. The molecule has 1 saturated carbocycles. The van der Waals surface area contributed by atoms with E-state index in [1.54, 1.807) is 40.9 Å². The normalized spacial score (nSPS) is 36.6. The van der Waals surface area contributed by atoms with Gasteiger partial charge in [0, 0.05) is 71.2 Å². The SMILES string of the molecule is CO[C@H]1C[C@@H]2CC[C@@H](C)[C@@](O)(O2)C(=O)C(=O)N2CCCC[C@H]2C(=O)O[C@H]([C@H](C)C[C@H]2CC[C@@H](OC(=O)NCCP(=O)(O)CP(=O)(O)O)[C@H](OC)C2)CC(=O)[C@H](C)/C=C(\C)[C@@H](O)[C@@H](OC)C(=O)[C@H](C)C[C@H](C)\C=C/C=C/C=C/1C. The summed E-state index contributed by atoms with van der Waals surface area (Å²) >= 11 is 0. The highest BCUT2D eigenvalue weighted by Crippen LogP contribution is 2.54. The molecule has 0 aromatic carbocycles. The molecular formula is C55H88N2O19P2. The van der Waals surface area contributed by atoms with Gasteiger partial charge in [0.2, 0.25) is 13.2 Å². The molecule has 6 N–H and O–H groups in total. The molecule has 0 aromatic heterocycles. The van der Waals surface area contributed by atoms with Crippen LogP contribution in [-0.4, -0.2) is 166 Å². The van der Waals surface area contributed by atoms with Crippen molar-refractivity contribution in [2.24, 2.45) is 35.5 Å². The number of hydrogen-bond acceptors (Lipinski definition) is 16. The average Bonchev–Trinajstić information content (AvgIpc) is 3.37. The minimum atomic E-state index is -4.77. The van der Waals surface area contributed by atoms with Gasteiger partial charge in [-0.15, -0.1) is 0 Å². The van der Waals surface area contributed by atoms with Crippen molar-refractivity contribution >= 4 is 50.3 Å². The first-order valence-electron chi connectivity index (χ1n) is 27.3. The second kappa shape index (κ2) is 30.4. The van der Waals surface area contributed by atoms with E-state index in [2.05, 4.69) is 5.32 Å². The molecule has 1 aliphatic carbocycles. The summed E-state index contributed by atoms with van der Waals surface area (Å²) < 4.78 is 58.7. The molecule has 21 nitrogen and oxygen atoms in total. The van der Waals surface area contributed by atoms with Crippen LogP contribution in [0.3, 0.4) is 0 Å². The van der Waals surface area contributed by atoms with Crippen molar-refractivity contribution in [2.75, 3.05) is 46.5 Å². The molecule has 23 heteroatoms. The van der Waals surface area contributed by atoms with Crippen LogP contribution in [0.15, 0.2) is 47.6 Å². The molecule has 78 heavy (non-hydrogen) atoms. The highest BCUT2D eigenvalue weighted by Gasteiger charge is 2.53. The van der Waals surface area contributed by atoms with Gasteiger partial charge in [-0.2, -0.15) is 0 Å². The van der Waals surface area contributed by atoms with Crippen LogP contribution in [0.25, 0.3) is 0 Å². The van der Waals surface area contributed by atoms with Crippen molar-refractivity contribution < 1.29 is 91.2 Å². The number of nitrogens with one attached hydrogen (secondary N) is 1. The maximum atomic E-state index is 14.6. The lowest BCUT2D eigenvalue weighted by Gasteiger charge is -2.42. The number of aliphatic hydroxyl groups excluding tert-OH is 1.